The van der Waals surface area contributed by atoms with E-state index in [1.165, 1.54) is 0 Å². The van der Waals surface area contributed by atoms with Crippen LogP contribution in [0.15, 0.2) is 0 Å². The minimum Gasteiger partial charge on any atom is -0.394 e. The Bertz CT molecular complexity index is 190. The largest absolute Gasteiger partial charge is 0.394 e. The van der Waals surface area contributed by atoms with Crippen LogP contribution in [0.5, 0.6) is 0 Å². The lowest BCUT2D eigenvalue weighted by atomic mass is 9.87. The van der Waals surface area contributed by atoms with Crippen molar-refractivity contribution in [2.45, 2.75) is 26.8 Å². The third kappa shape index (κ3) is 6.43. The normalized spacial score (nSPS) is 13.7. The second kappa shape index (κ2) is 6.76. The average molecular weight is 218 g/mol. The quantitative estimate of drug-likeness (QED) is 0.524. The zero-order valence-corrected chi connectivity index (χ0v) is 9.75. The molecule has 0 aliphatic carbocycles. The Balaban J connectivity index is 3.66. The second-order valence-electron chi connectivity index (χ2n) is 4.47. The summed E-state index contributed by atoms with van der Waals surface area (Å²) in [6.07, 6.45) is 0. The molecule has 15 heavy (non-hydrogen) atoms. The molecule has 4 N–H and O–H groups in total. The standard InChI is InChI=1S/C10H22N2O3/c1-10(2,3)8(11)9(14)12-4-6-15-7-5-13/h8,13H,4-7,11H2,1-3H3,(H,12,14)/t8-/m1/s1. The molecule has 5 heteroatoms. The minimum absolute atomic E-state index is 0.00451. The maximum absolute atomic E-state index is 11.5. The van der Waals surface area contributed by atoms with Crippen LogP contribution in [-0.2, 0) is 9.53 Å². The maximum atomic E-state index is 11.5. The number of aliphatic hydroxyl groups is 1. The third-order valence-electron chi connectivity index (χ3n) is 2.00. The van der Waals surface area contributed by atoms with Crippen LogP contribution in [-0.4, -0.2) is 43.4 Å². The number of hydrogen-bond acceptors (Lipinski definition) is 4. The van der Waals surface area contributed by atoms with E-state index in [2.05, 4.69) is 5.32 Å². The van der Waals surface area contributed by atoms with Crippen LogP contribution in [0.2, 0.25) is 0 Å². The van der Waals surface area contributed by atoms with Crippen molar-refractivity contribution in [2.24, 2.45) is 11.1 Å². The summed E-state index contributed by atoms with van der Waals surface area (Å²) in [5, 5.41) is 11.1. The molecule has 0 saturated carbocycles. The van der Waals surface area contributed by atoms with Gasteiger partial charge in [-0.2, -0.15) is 0 Å². The first-order chi connectivity index (χ1) is 6.89. The van der Waals surface area contributed by atoms with E-state index in [0.29, 0.717) is 19.8 Å². The topological polar surface area (TPSA) is 84.6 Å². The van der Waals surface area contributed by atoms with Gasteiger partial charge >= 0.3 is 0 Å². The number of nitrogens with one attached hydrogen (secondary N) is 1. The summed E-state index contributed by atoms with van der Waals surface area (Å²) in [5.41, 5.74) is 5.50. The zero-order valence-electron chi connectivity index (χ0n) is 9.75. The van der Waals surface area contributed by atoms with Gasteiger partial charge < -0.3 is 20.9 Å². The fraction of sp³-hybridized carbons (Fsp3) is 0.900. The van der Waals surface area contributed by atoms with Gasteiger partial charge in [0.05, 0.1) is 25.9 Å². The molecule has 0 aromatic heterocycles. The minimum atomic E-state index is -0.518. The number of rotatable bonds is 6. The van der Waals surface area contributed by atoms with Crippen molar-refractivity contribution in [2.75, 3.05) is 26.4 Å². The number of hydrogen-bond donors (Lipinski definition) is 3. The highest BCUT2D eigenvalue weighted by molar-refractivity contribution is 5.82. The molecule has 0 bridgehead atoms. The molecule has 90 valence electrons. The van der Waals surface area contributed by atoms with Gasteiger partial charge in [-0.25, -0.2) is 0 Å². The van der Waals surface area contributed by atoms with Crippen molar-refractivity contribution in [3.63, 3.8) is 0 Å². The highest BCUT2D eigenvalue weighted by Crippen LogP contribution is 2.16. The van der Waals surface area contributed by atoms with Gasteiger partial charge in [0.2, 0.25) is 5.91 Å². The fourth-order valence-corrected chi connectivity index (χ4v) is 0.916. The Morgan fingerprint density at radius 2 is 2.07 bits per heavy atom. The van der Waals surface area contributed by atoms with Gasteiger partial charge in [0.25, 0.3) is 0 Å². The number of aliphatic hydroxyl groups excluding tert-OH is 1. The van der Waals surface area contributed by atoms with E-state index in [1.54, 1.807) is 0 Å². The van der Waals surface area contributed by atoms with E-state index in [-0.39, 0.29) is 17.9 Å². The molecular weight excluding hydrogens is 196 g/mol. The lowest BCUT2D eigenvalue weighted by Crippen LogP contribution is -2.49. The summed E-state index contributed by atoms with van der Waals surface area (Å²) in [5.74, 6) is -0.171. The Hall–Kier alpha value is -0.650. The summed E-state index contributed by atoms with van der Waals surface area (Å²) >= 11 is 0. The van der Waals surface area contributed by atoms with Crippen molar-refractivity contribution in [1.82, 2.24) is 5.32 Å². The van der Waals surface area contributed by atoms with Crippen molar-refractivity contribution >= 4 is 5.91 Å². The molecule has 1 amide bonds. The highest BCUT2D eigenvalue weighted by Gasteiger charge is 2.26. The predicted molar refractivity (Wildman–Crippen MR) is 58.3 cm³/mol. The van der Waals surface area contributed by atoms with Gasteiger partial charge in [0.15, 0.2) is 0 Å². The highest BCUT2D eigenvalue weighted by atomic mass is 16.5. The maximum Gasteiger partial charge on any atom is 0.237 e. The molecular formula is C10H22N2O3. The van der Waals surface area contributed by atoms with Crippen LogP contribution >= 0.6 is 0 Å². The zero-order chi connectivity index (χ0) is 11.9. The summed E-state index contributed by atoms with van der Waals surface area (Å²) in [6.45, 7) is 6.85. The van der Waals surface area contributed by atoms with Crippen molar-refractivity contribution in [3.05, 3.63) is 0 Å². The van der Waals surface area contributed by atoms with Gasteiger partial charge in [-0.3, -0.25) is 4.79 Å². The molecule has 0 fully saturated rings. The summed E-state index contributed by atoms with van der Waals surface area (Å²) < 4.78 is 4.99. The van der Waals surface area contributed by atoms with Gasteiger partial charge in [-0.05, 0) is 5.41 Å². The Morgan fingerprint density at radius 3 is 2.53 bits per heavy atom. The molecule has 0 aromatic rings. The van der Waals surface area contributed by atoms with Gasteiger partial charge in [0, 0.05) is 6.54 Å². The average Bonchev–Trinajstić information content (AvgIpc) is 2.14. The predicted octanol–water partition coefficient (Wildman–Crippen LogP) is -0.515. The molecule has 0 radical (unpaired) electrons. The SMILES string of the molecule is CC(C)(C)[C@H](N)C(=O)NCCOCCO. The molecule has 0 saturated heterocycles. The van der Waals surface area contributed by atoms with Crippen molar-refractivity contribution in [1.29, 1.82) is 0 Å². The molecule has 1 atom stereocenters. The second-order valence-corrected chi connectivity index (χ2v) is 4.47. The van der Waals surface area contributed by atoms with E-state index >= 15 is 0 Å². The van der Waals surface area contributed by atoms with Gasteiger partial charge in [-0.1, -0.05) is 20.8 Å². The van der Waals surface area contributed by atoms with Crippen LogP contribution < -0.4 is 11.1 Å². The van der Waals surface area contributed by atoms with E-state index in [0.717, 1.165) is 0 Å². The molecule has 5 nitrogen and oxygen atoms in total. The third-order valence-corrected chi connectivity index (χ3v) is 2.00. The van der Waals surface area contributed by atoms with E-state index < -0.39 is 6.04 Å². The molecule has 0 aromatic carbocycles. The number of carbonyl (C=O) groups is 1. The summed E-state index contributed by atoms with van der Waals surface area (Å²) in [7, 11) is 0. The molecule has 0 rings (SSSR count). The van der Waals surface area contributed by atoms with Crippen molar-refractivity contribution in [3.8, 4) is 0 Å². The van der Waals surface area contributed by atoms with Gasteiger partial charge in [-0.15, -0.1) is 0 Å². The molecule has 0 spiro atoms. The number of ether oxygens (including phenoxy) is 1. The fourth-order valence-electron chi connectivity index (χ4n) is 0.916. The van der Waals surface area contributed by atoms with Gasteiger partial charge in [0.1, 0.15) is 0 Å². The van der Waals surface area contributed by atoms with Crippen LogP contribution in [0.3, 0.4) is 0 Å². The van der Waals surface area contributed by atoms with Crippen molar-refractivity contribution < 1.29 is 14.6 Å². The number of nitrogens with two attached hydrogens (primary N) is 1. The Kier molecular flexibility index (Phi) is 6.47. The van der Waals surface area contributed by atoms with Crippen LogP contribution in [0.1, 0.15) is 20.8 Å². The first-order valence-electron chi connectivity index (χ1n) is 5.11. The molecule has 0 aliphatic heterocycles. The molecule has 0 aliphatic rings. The molecule has 0 unspecified atom stereocenters. The van der Waals surface area contributed by atoms with E-state index in [1.807, 2.05) is 20.8 Å². The van der Waals surface area contributed by atoms with Crippen LogP contribution in [0.25, 0.3) is 0 Å². The first-order valence-corrected chi connectivity index (χ1v) is 5.11. The van der Waals surface area contributed by atoms with E-state index in [9.17, 15) is 4.79 Å². The summed E-state index contributed by atoms with van der Waals surface area (Å²) in [4.78, 5) is 11.5. The Labute approximate surface area is 91.0 Å². The lowest BCUT2D eigenvalue weighted by Gasteiger charge is -2.25. The number of carbonyl (C=O) groups excluding carboxylic acids is 1. The van der Waals surface area contributed by atoms with Crippen LogP contribution in [0, 0.1) is 5.41 Å². The smallest absolute Gasteiger partial charge is 0.237 e. The first kappa shape index (κ1) is 14.3. The molecule has 0 heterocycles. The lowest BCUT2D eigenvalue weighted by molar-refractivity contribution is -0.124. The number of amides is 1. The van der Waals surface area contributed by atoms with Crippen LogP contribution in [0.4, 0.5) is 0 Å². The summed E-state index contributed by atoms with van der Waals surface area (Å²) in [6, 6.07) is -0.518. The Morgan fingerprint density at radius 1 is 1.47 bits per heavy atom. The van der Waals surface area contributed by atoms with E-state index in [4.69, 9.17) is 15.6 Å². The monoisotopic (exact) mass is 218 g/mol.